The van der Waals surface area contributed by atoms with Crippen molar-refractivity contribution in [3.05, 3.63) is 29.3 Å². The average Bonchev–Trinajstić information content (AvgIpc) is 3.05. The van der Waals surface area contributed by atoms with Gasteiger partial charge in [-0.2, -0.15) is 0 Å². The molecule has 0 radical (unpaired) electrons. The first kappa shape index (κ1) is 22.2. The molecule has 154 valence electrons. The zero-order valence-corrected chi connectivity index (χ0v) is 16.9. The molecule has 1 aromatic carbocycles. The smallest absolute Gasteiger partial charge is 0.228 e. The number of fused-ring (bicyclic) bond motifs is 1. The lowest BCUT2D eigenvalue weighted by molar-refractivity contribution is -0.135. The summed E-state index contributed by atoms with van der Waals surface area (Å²) in [5, 5.41) is 5.65. The summed E-state index contributed by atoms with van der Waals surface area (Å²) in [6.07, 6.45) is 4.16. The molecular formula is C20H29ClN4O3. The normalized spacial score (nSPS) is 18.1. The van der Waals surface area contributed by atoms with Gasteiger partial charge in [-0.05, 0) is 42.9 Å². The van der Waals surface area contributed by atoms with Crippen molar-refractivity contribution < 1.29 is 14.4 Å². The van der Waals surface area contributed by atoms with E-state index in [2.05, 4.69) is 16.7 Å². The summed E-state index contributed by atoms with van der Waals surface area (Å²) in [6, 6.07) is 6.00. The predicted molar refractivity (Wildman–Crippen MR) is 110 cm³/mol. The summed E-state index contributed by atoms with van der Waals surface area (Å²) in [7, 11) is 0. The molecule has 0 saturated carbocycles. The fraction of sp³-hybridized carbons (Fsp3) is 0.550. The zero-order chi connectivity index (χ0) is 19.2. The van der Waals surface area contributed by atoms with E-state index in [1.807, 2.05) is 17.0 Å². The van der Waals surface area contributed by atoms with Crippen LogP contribution < -0.4 is 16.4 Å². The Morgan fingerprint density at radius 3 is 2.93 bits per heavy atom. The quantitative estimate of drug-likeness (QED) is 0.631. The van der Waals surface area contributed by atoms with Crippen molar-refractivity contribution in [3.63, 3.8) is 0 Å². The third-order valence-electron chi connectivity index (χ3n) is 5.24. The largest absolute Gasteiger partial charge is 0.355 e. The molecule has 0 spiro atoms. The molecule has 0 aromatic heterocycles. The van der Waals surface area contributed by atoms with Crippen LogP contribution in [-0.4, -0.2) is 48.8 Å². The number of benzene rings is 1. The van der Waals surface area contributed by atoms with E-state index in [-0.39, 0.29) is 36.0 Å². The monoisotopic (exact) mass is 408 g/mol. The molecule has 3 amide bonds. The minimum absolute atomic E-state index is 0. The second-order valence-electron chi connectivity index (χ2n) is 7.33. The summed E-state index contributed by atoms with van der Waals surface area (Å²) >= 11 is 0. The highest BCUT2D eigenvalue weighted by Crippen LogP contribution is 2.24. The number of nitrogens with two attached hydrogens (primary N) is 1. The van der Waals surface area contributed by atoms with Gasteiger partial charge in [-0.25, -0.2) is 0 Å². The van der Waals surface area contributed by atoms with Crippen molar-refractivity contribution >= 4 is 35.8 Å². The van der Waals surface area contributed by atoms with Crippen molar-refractivity contribution in [2.75, 3.05) is 31.5 Å². The zero-order valence-electron chi connectivity index (χ0n) is 16.0. The van der Waals surface area contributed by atoms with E-state index < -0.39 is 0 Å². The van der Waals surface area contributed by atoms with Gasteiger partial charge in [-0.15, -0.1) is 12.4 Å². The van der Waals surface area contributed by atoms with E-state index in [1.165, 1.54) is 0 Å². The van der Waals surface area contributed by atoms with Gasteiger partial charge in [-0.1, -0.05) is 12.1 Å². The lowest BCUT2D eigenvalue weighted by atomic mass is 9.96. The molecule has 1 aromatic rings. The highest BCUT2D eigenvalue weighted by Gasteiger charge is 2.27. The highest BCUT2D eigenvalue weighted by molar-refractivity contribution is 5.99. The number of nitrogens with one attached hydrogen (secondary N) is 2. The molecule has 2 heterocycles. The van der Waals surface area contributed by atoms with Gasteiger partial charge < -0.3 is 21.3 Å². The van der Waals surface area contributed by atoms with Gasteiger partial charge in [0.2, 0.25) is 17.7 Å². The molecule has 3 rings (SSSR count). The molecule has 0 aliphatic carbocycles. The van der Waals surface area contributed by atoms with Crippen molar-refractivity contribution in [1.29, 1.82) is 0 Å². The molecule has 8 heteroatoms. The van der Waals surface area contributed by atoms with E-state index in [9.17, 15) is 14.4 Å². The van der Waals surface area contributed by atoms with Crippen LogP contribution in [0.1, 0.15) is 36.8 Å². The third-order valence-corrected chi connectivity index (χ3v) is 5.24. The maximum Gasteiger partial charge on any atom is 0.228 e. The SMILES string of the molecule is Cl.NCCNC(=O)C1CCCN(C(=O)CCCc2ccc3c(c2)CC(=O)N3)C1. The highest BCUT2D eigenvalue weighted by atomic mass is 35.5. The Kier molecular flexibility index (Phi) is 8.26. The number of aryl methyl sites for hydroxylation is 1. The van der Waals surface area contributed by atoms with E-state index in [0.717, 1.165) is 49.0 Å². The number of carbonyl (C=O) groups is 3. The Morgan fingerprint density at radius 1 is 1.32 bits per heavy atom. The first-order valence-electron chi connectivity index (χ1n) is 9.74. The number of carbonyl (C=O) groups excluding carboxylic acids is 3. The summed E-state index contributed by atoms with van der Waals surface area (Å²) < 4.78 is 0. The summed E-state index contributed by atoms with van der Waals surface area (Å²) in [5.74, 6) is 0.0204. The topological polar surface area (TPSA) is 105 Å². The Balaban J connectivity index is 0.00000280. The molecule has 1 saturated heterocycles. The van der Waals surface area contributed by atoms with E-state index >= 15 is 0 Å². The minimum Gasteiger partial charge on any atom is -0.355 e. The third kappa shape index (κ3) is 5.69. The lowest BCUT2D eigenvalue weighted by Gasteiger charge is -2.32. The van der Waals surface area contributed by atoms with Gasteiger partial charge in [0.15, 0.2) is 0 Å². The number of piperidine rings is 1. The van der Waals surface area contributed by atoms with Crippen LogP contribution in [0, 0.1) is 5.92 Å². The van der Waals surface area contributed by atoms with Crippen LogP contribution in [0.4, 0.5) is 5.69 Å². The molecular weight excluding hydrogens is 380 g/mol. The van der Waals surface area contributed by atoms with E-state index in [4.69, 9.17) is 5.73 Å². The van der Waals surface area contributed by atoms with E-state index in [1.54, 1.807) is 0 Å². The number of amides is 3. The van der Waals surface area contributed by atoms with Crippen LogP contribution in [0.5, 0.6) is 0 Å². The maximum absolute atomic E-state index is 12.5. The Morgan fingerprint density at radius 2 is 2.14 bits per heavy atom. The number of likely N-dealkylation sites (tertiary alicyclic amines) is 1. The van der Waals surface area contributed by atoms with Gasteiger partial charge in [-0.3, -0.25) is 14.4 Å². The summed E-state index contributed by atoms with van der Waals surface area (Å²) in [4.78, 5) is 37.9. The Hall–Kier alpha value is -2.12. The molecule has 0 bridgehead atoms. The van der Waals surface area contributed by atoms with Gasteiger partial charge in [0.25, 0.3) is 0 Å². The van der Waals surface area contributed by atoms with Crippen LogP contribution in [0.25, 0.3) is 0 Å². The predicted octanol–water partition coefficient (Wildman–Crippen LogP) is 1.24. The van der Waals surface area contributed by atoms with E-state index in [0.29, 0.717) is 32.5 Å². The Labute approximate surface area is 171 Å². The molecule has 1 unspecified atom stereocenters. The van der Waals surface area contributed by atoms with Crippen LogP contribution in [-0.2, 0) is 27.2 Å². The minimum atomic E-state index is -0.129. The molecule has 4 N–H and O–H groups in total. The number of hydrogen-bond acceptors (Lipinski definition) is 4. The van der Waals surface area contributed by atoms with Crippen molar-refractivity contribution in [2.24, 2.45) is 11.7 Å². The van der Waals surface area contributed by atoms with Gasteiger partial charge in [0.1, 0.15) is 0 Å². The molecule has 2 aliphatic heterocycles. The second-order valence-corrected chi connectivity index (χ2v) is 7.33. The van der Waals surface area contributed by atoms with Crippen LogP contribution in [0.2, 0.25) is 0 Å². The Bertz CT molecular complexity index is 725. The number of halogens is 1. The summed E-state index contributed by atoms with van der Waals surface area (Å²) in [5.41, 5.74) is 8.50. The molecule has 1 fully saturated rings. The second kappa shape index (κ2) is 10.4. The van der Waals surface area contributed by atoms with Crippen LogP contribution in [0.15, 0.2) is 18.2 Å². The number of hydrogen-bond donors (Lipinski definition) is 3. The van der Waals surface area contributed by atoms with Crippen LogP contribution >= 0.6 is 12.4 Å². The maximum atomic E-state index is 12.5. The molecule has 7 nitrogen and oxygen atoms in total. The number of rotatable bonds is 7. The molecule has 2 aliphatic rings. The van der Waals surface area contributed by atoms with Crippen LogP contribution in [0.3, 0.4) is 0 Å². The average molecular weight is 409 g/mol. The lowest BCUT2D eigenvalue weighted by Crippen LogP contribution is -2.46. The molecule has 1 atom stereocenters. The van der Waals surface area contributed by atoms with Crippen molar-refractivity contribution in [2.45, 2.75) is 38.5 Å². The van der Waals surface area contributed by atoms with Crippen molar-refractivity contribution in [1.82, 2.24) is 10.2 Å². The number of anilines is 1. The summed E-state index contributed by atoms with van der Waals surface area (Å²) in [6.45, 7) is 2.13. The fourth-order valence-electron chi connectivity index (χ4n) is 3.80. The first-order chi connectivity index (χ1) is 13.1. The first-order valence-corrected chi connectivity index (χ1v) is 9.74. The van der Waals surface area contributed by atoms with Gasteiger partial charge >= 0.3 is 0 Å². The number of nitrogens with zero attached hydrogens (tertiary/aromatic N) is 1. The van der Waals surface area contributed by atoms with Gasteiger partial charge in [0.05, 0.1) is 12.3 Å². The fourth-order valence-corrected chi connectivity index (χ4v) is 3.80. The van der Waals surface area contributed by atoms with Gasteiger partial charge in [0, 0.05) is 38.3 Å². The standard InChI is InChI=1S/C20H28N4O3.ClH/c21-8-9-22-20(27)15-4-2-10-24(13-15)19(26)5-1-3-14-6-7-17-16(11-14)12-18(25)23-17;/h6-7,11,15H,1-5,8-10,12-13,21H2,(H,22,27)(H,23,25);1H. The molecule has 28 heavy (non-hydrogen) atoms. The van der Waals surface area contributed by atoms with Crippen molar-refractivity contribution in [3.8, 4) is 0 Å².